The molecular formula is C15H19N5O4. The van der Waals surface area contributed by atoms with Crippen LogP contribution in [0.3, 0.4) is 0 Å². The Labute approximate surface area is 138 Å². The zero-order valence-corrected chi connectivity index (χ0v) is 13.6. The van der Waals surface area contributed by atoms with Gasteiger partial charge < -0.3 is 9.42 Å². The van der Waals surface area contributed by atoms with Gasteiger partial charge in [0.1, 0.15) is 6.20 Å². The first-order valence-corrected chi connectivity index (χ1v) is 7.89. The molecule has 1 fully saturated rings. The van der Waals surface area contributed by atoms with E-state index >= 15 is 0 Å². The van der Waals surface area contributed by atoms with Gasteiger partial charge in [0.15, 0.2) is 5.76 Å². The molecule has 1 saturated heterocycles. The van der Waals surface area contributed by atoms with Gasteiger partial charge in [0.25, 0.3) is 5.91 Å². The molecule has 1 aliphatic rings. The second-order valence-corrected chi connectivity index (χ2v) is 6.03. The molecule has 1 atom stereocenters. The Kier molecular flexibility index (Phi) is 4.32. The van der Waals surface area contributed by atoms with E-state index in [0.29, 0.717) is 12.3 Å². The number of hydrogen-bond acceptors (Lipinski definition) is 6. The Morgan fingerprint density at radius 3 is 2.88 bits per heavy atom. The summed E-state index contributed by atoms with van der Waals surface area (Å²) in [6.45, 7) is 2.33. The lowest BCUT2D eigenvalue weighted by Gasteiger charge is -2.27. The molecule has 24 heavy (non-hydrogen) atoms. The molecule has 1 amide bonds. The standard InChI is InChI=1S/C15H19N5O4/c1-10-8-13(24-17-10)11-6-4-3-5-7-19(11)15(21)14-12(20(22)23)9-18(2)16-14/h8-9,11H,3-7H2,1-2H3/t11-/m1/s1. The minimum absolute atomic E-state index is 0.134. The van der Waals surface area contributed by atoms with Gasteiger partial charge in [0.05, 0.1) is 16.7 Å². The monoisotopic (exact) mass is 333 g/mol. The molecule has 0 unspecified atom stereocenters. The summed E-state index contributed by atoms with van der Waals surface area (Å²) >= 11 is 0. The van der Waals surface area contributed by atoms with Gasteiger partial charge in [-0.25, -0.2) is 0 Å². The van der Waals surface area contributed by atoms with E-state index in [-0.39, 0.29) is 17.4 Å². The topological polar surface area (TPSA) is 107 Å². The molecule has 1 aliphatic heterocycles. The van der Waals surface area contributed by atoms with Gasteiger partial charge in [-0.05, 0) is 19.8 Å². The van der Waals surface area contributed by atoms with Crippen LogP contribution in [0.1, 0.15) is 53.7 Å². The minimum Gasteiger partial charge on any atom is -0.359 e. The van der Waals surface area contributed by atoms with Crippen LogP contribution in [0.25, 0.3) is 0 Å². The van der Waals surface area contributed by atoms with Crippen molar-refractivity contribution in [1.82, 2.24) is 19.8 Å². The van der Waals surface area contributed by atoms with Crippen LogP contribution in [0.2, 0.25) is 0 Å². The number of nitrogens with zero attached hydrogens (tertiary/aromatic N) is 5. The van der Waals surface area contributed by atoms with Gasteiger partial charge >= 0.3 is 5.69 Å². The van der Waals surface area contributed by atoms with E-state index in [0.717, 1.165) is 31.4 Å². The third-order valence-corrected chi connectivity index (χ3v) is 4.20. The van der Waals surface area contributed by atoms with Crippen molar-refractivity contribution < 1.29 is 14.2 Å². The molecule has 0 radical (unpaired) electrons. The number of amides is 1. The third-order valence-electron chi connectivity index (χ3n) is 4.20. The van der Waals surface area contributed by atoms with E-state index in [2.05, 4.69) is 10.3 Å². The molecule has 2 aromatic heterocycles. The normalized spacial score (nSPS) is 18.4. The van der Waals surface area contributed by atoms with Gasteiger partial charge in [-0.15, -0.1) is 0 Å². The van der Waals surface area contributed by atoms with Crippen LogP contribution in [-0.4, -0.2) is 37.2 Å². The molecule has 0 N–H and O–H groups in total. The van der Waals surface area contributed by atoms with Gasteiger partial charge in [0, 0.05) is 19.7 Å². The van der Waals surface area contributed by atoms with Crippen LogP contribution in [-0.2, 0) is 7.05 Å². The molecule has 2 aromatic rings. The summed E-state index contributed by atoms with van der Waals surface area (Å²) in [6, 6.07) is 1.53. The first-order valence-electron chi connectivity index (χ1n) is 7.89. The number of nitro groups is 1. The summed E-state index contributed by atoms with van der Waals surface area (Å²) in [5, 5.41) is 19.1. The number of aromatic nitrogens is 3. The summed E-state index contributed by atoms with van der Waals surface area (Å²) < 4.78 is 6.64. The highest BCUT2D eigenvalue weighted by Crippen LogP contribution is 2.32. The van der Waals surface area contributed by atoms with Gasteiger partial charge in [-0.1, -0.05) is 18.0 Å². The Bertz CT molecular complexity index is 766. The number of likely N-dealkylation sites (tertiary alicyclic amines) is 1. The maximum Gasteiger partial charge on any atom is 0.320 e. The Hall–Kier alpha value is -2.71. The first kappa shape index (κ1) is 16.2. The number of carbonyl (C=O) groups excluding carboxylic acids is 1. The van der Waals surface area contributed by atoms with Crippen molar-refractivity contribution >= 4 is 11.6 Å². The van der Waals surface area contributed by atoms with Crippen molar-refractivity contribution in [2.24, 2.45) is 7.05 Å². The highest BCUT2D eigenvalue weighted by Gasteiger charge is 2.35. The summed E-state index contributed by atoms with van der Waals surface area (Å²) in [7, 11) is 1.56. The molecule has 0 bridgehead atoms. The summed E-state index contributed by atoms with van der Waals surface area (Å²) in [5.74, 6) is 0.171. The quantitative estimate of drug-likeness (QED) is 0.630. The highest BCUT2D eigenvalue weighted by atomic mass is 16.6. The third kappa shape index (κ3) is 3.01. The van der Waals surface area contributed by atoms with Crippen LogP contribution in [0, 0.1) is 17.0 Å². The smallest absolute Gasteiger partial charge is 0.320 e. The van der Waals surface area contributed by atoms with Crippen molar-refractivity contribution in [2.45, 2.75) is 38.6 Å². The maximum absolute atomic E-state index is 13.0. The van der Waals surface area contributed by atoms with E-state index in [1.54, 1.807) is 11.9 Å². The van der Waals surface area contributed by atoms with Crippen molar-refractivity contribution in [2.75, 3.05) is 6.54 Å². The van der Waals surface area contributed by atoms with Gasteiger partial charge in [0.2, 0.25) is 5.69 Å². The van der Waals surface area contributed by atoms with Gasteiger partial charge in [-0.3, -0.25) is 19.6 Å². The number of aryl methyl sites for hydroxylation is 2. The summed E-state index contributed by atoms with van der Waals surface area (Å²) in [5.41, 5.74) is 0.329. The molecule has 3 heterocycles. The lowest BCUT2D eigenvalue weighted by molar-refractivity contribution is -0.385. The summed E-state index contributed by atoms with van der Waals surface area (Å²) in [6.07, 6.45) is 4.78. The molecule has 0 aliphatic carbocycles. The molecular weight excluding hydrogens is 314 g/mol. The lowest BCUT2D eigenvalue weighted by atomic mass is 10.1. The van der Waals surface area contributed by atoms with E-state index in [9.17, 15) is 14.9 Å². The van der Waals surface area contributed by atoms with Crippen molar-refractivity contribution in [3.05, 3.63) is 39.5 Å². The Balaban J connectivity index is 1.97. The Morgan fingerprint density at radius 1 is 1.42 bits per heavy atom. The van der Waals surface area contributed by atoms with E-state index in [1.165, 1.54) is 10.9 Å². The maximum atomic E-state index is 13.0. The average Bonchev–Trinajstić information content (AvgIpc) is 3.05. The zero-order valence-electron chi connectivity index (χ0n) is 13.6. The average molecular weight is 333 g/mol. The summed E-state index contributed by atoms with van der Waals surface area (Å²) in [4.78, 5) is 25.2. The molecule has 9 nitrogen and oxygen atoms in total. The largest absolute Gasteiger partial charge is 0.359 e. The fourth-order valence-electron chi connectivity index (χ4n) is 3.09. The molecule has 0 spiro atoms. The molecule has 3 rings (SSSR count). The van der Waals surface area contributed by atoms with E-state index < -0.39 is 10.8 Å². The highest BCUT2D eigenvalue weighted by molar-refractivity contribution is 5.96. The first-order chi connectivity index (χ1) is 11.5. The van der Waals surface area contributed by atoms with Crippen molar-refractivity contribution in [3.63, 3.8) is 0 Å². The van der Waals surface area contributed by atoms with Crippen molar-refractivity contribution in [1.29, 1.82) is 0 Å². The van der Waals surface area contributed by atoms with Crippen LogP contribution in [0.15, 0.2) is 16.8 Å². The number of carbonyl (C=O) groups is 1. The molecule has 128 valence electrons. The van der Waals surface area contributed by atoms with E-state index in [1.807, 2.05) is 13.0 Å². The Morgan fingerprint density at radius 2 is 2.21 bits per heavy atom. The minimum atomic E-state index is -0.578. The second kappa shape index (κ2) is 6.42. The lowest BCUT2D eigenvalue weighted by Crippen LogP contribution is -2.35. The van der Waals surface area contributed by atoms with Crippen molar-refractivity contribution in [3.8, 4) is 0 Å². The zero-order chi connectivity index (χ0) is 17.3. The SMILES string of the molecule is Cc1cc([C@H]2CCCCCN2C(=O)c2nn(C)cc2[N+](=O)[O-])on1. The molecule has 0 aromatic carbocycles. The van der Waals surface area contributed by atoms with Crippen LogP contribution >= 0.6 is 0 Å². The fourth-order valence-corrected chi connectivity index (χ4v) is 3.09. The van der Waals surface area contributed by atoms with Crippen LogP contribution < -0.4 is 0 Å². The number of hydrogen-bond donors (Lipinski definition) is 0. The number of rotatable bonds is 3. The predicted molar refractivity (Wildman–Crippen MR) is 83.3 cm³/mol. The van der Waals surface area contributed by atoms with E-state index in [4.69, 9.17) is 4.52 Å². The second-order valence-electron chi connectivity index (χ2n) is 6.03. The fraction of sp³-hybridized carbons (Fsp3) is 0.533. The predicted octanol–water partition coefficient (Wildman–Crippen LogP) is 2.38. The molecule has 0 saturated carbocycles. The van der Waals surface area contributed by atoms with Crippen LogP contribution in [0.4, 0.5) is 5.69 Å². The van der Waals surface area contributed by atoms with Gasteiger partial charge in [-0.2, -0.15) is 5.10 Å². The van der Waals surface area contributed by atoms with Crippen LogP contribution in [0.5, 0.6) is 0 Å². The molecule has 9 heteroatoms.